The van der Waals surface area contributed by atoms with Gasteiger partial charge in [0.25, 0.3) is 5.91 Å². The van der Waals surface area contributed by atoms with Gasteiger partial charge in [0.2, 0.25) is 0 Å². The molecule has 112 valence electrons. The van der Waals surface area contributed by atoms with Crippen LogP contribution in [0.25, 0.3) is 10.9 Å². The molecule has 0 unspecified atom stereocenters. The Hall–Kier alpha value is -2.59. The summed E-state index contributed by atoms with van der Waals surface area (Å²) >= 11 is 0. The molecule has 0 radical (unpaired) electrons. The van der Waals surface area contributed by atoms with Gasteiger partial charge in [-0.2, -0.15) is 0 Å². The van der Waals surface area contributed by atoms with Gasteiger partial charge in [-0.15, -0.1) is 0 Å². The molecule has 0 atom stereocenters. The molecule has 0 fully saturated rings. The van der Waals surface area contributed by atoms with E-state index in [1.807, 2.05) is 36.4 Å². The predicted molar refractivity (Wildman–Crippen MR) is 88.6 cm³/mol. The number of nitrogens with zero attached hydrogens (tertiary/aromatic N) is 1. The number of nitrogens with one attached hydrogen (secondary N) is 1. The van der Waals surface area contributed by atoms with Crippen LogP contribution in [0.2, 0.25) is 0 Å². The number of carbonyl (C=O) groups excluding carboxylic acids is 1. The number of rotatable bonds is 3. The van der Waals surface area contributed by atoms with Crippen LogP contribution in [0.3, 0.4) is 0 Å². The van der Waals surface area contributed by atoms with E-state index in [9.17, 15) is 4.79 Å². The van der Waals surface area contributed by atoms with Crippen LogP contribution >= 0.6 is 0 Å². The summed E-state index contributed by atoms with van der Waals surface area (Å²) in [7, 11) is 0. The Labute approximate surface area is 129 Å². The number of carbonyl (C=O) groups is 1. The number of hydrogen-bond donors (Lipinski definition) is 2. The van der Waals surface area contributed by atoms with E-state index in [-0.39, 0.29) is 5.91 Å². The first-order valence-electron chi connectivity index (χ1n) is 7.26. The zero-order valence-electron chi connectivity index (χ0n) is 12.8. The van der Waals surface area contributed by atoms with E-state index in [0.717, 1.165) is 17.4 Å². The lowest BCUT2D eigenvalue weighted by Gasteiger charge is -2.09. The molecule has 0 aliphatic heterocycles. The van der Waals surface area contributed by atoms with E-state index in [0.29, 0.717) is 5.56 Å². The molecule has 4 nitrogen and oxygen atoms in total. The third-order valence-electron chi connectivity index (χ3n) is 4.22. The lowest BCUT2D eigenvalue weighted by Crippen LogP contribution is -2.29. The van der Waals surface area contributed by atoms with Crippen LogP contribution < -0.4 is 11.3 Å². The first-order valence-corrected chi connectivity index (χ1v) is 7.26. The van der Waals surface area contributed by atoms with Gasteiger partial charge < -0.3 is 4.57 Å². The molecule has 0 saturated carbocycles. The smallest absolute Gasteiger partial charge is 0.265 e. The minimum absolute atomic E-state index is 0.269. The molecule has 3 N–H and O–H groups in total. The second-order valence-electron chi connectivity index (χ2n) is 5.49. The summed E-state index contributed by atoms with van der Waals surface area (Å²) in [6.07, 6.45) is 0. The minimum atomic E-state index is -0.269. The van der Waals surface area contributed by atoms with Crippen LogP contribution in [0, 0.1) is 13.8 Å². The maximum Gasteiger partial charge on any atom is 0.265 e. The van der Waals surface area contributed by atoms with E-state index < -0.39 is 0 Å². The average Bonchev–Trinajstić information content (AvgIpc) is 2.80. The van der Waals surface area contributed by atoms with Crippen LogP contribution in [-0.2, 0) is 6.54 Å². The van der Waals surface area contributed by atoms with Crippen LogP contribution in [-0.4, -0.2) is 10.5 Å². The van der Waals surface area contributed by atoms with Crippen LogP contribution in [0.5, 0.6) is 0 Å². The Bertz CT molecular complexity index is 834. The molecule has 1 aromatic heterocycles. The third-order valence-corrected chi connectivity index (χ3v) is 4.22. The van der Waals surface area contributed by atoms with E-state index >= 15 is 0 Å². The van der Waals surface area contributed by atoms with Gasteiger partial charge in [-0.25, -0.2) is 5.84 Å². The normalized spacial score (nSPS) is 10.9. The quantitative estimate of drug-likeness (QED) is 0.443. The fourth-order valence-corrected chi connectivity index (χ4v) is 2.84. The third kappa shape index (κ3) is 2.38. The summed E-state index contributed by atoms with van der Waals surface area (Å²) in [6, 6.07) is 16.1. The van der Waals surface area contributed by atoms with Crippen LogP contribution in [0.4, 0.5) is 0 Å². The second-order valence-corrected chi connectivity index (χ2v) is 5.49. The molecule has 0 aliphatic carbocycles. The number of benzene rings is 2. The Balaban J connectivity index is 2.11. The number of hydrogen-bond acceptors (Lipinski definition) is 2. The number of nitrogen functional groups attached to an aromatic ring is 1. The highest BCUT2D eigenvalue weighted by molar-refractivity contribution is 5.99. The minimum Gasteiger partial charge on any atom is -0.340 e. The first kappa shape index (κ1) is 14.4. The lowest BCUT2D eigenvalue weighted by atomic mass is 10.1. The number of hydrazine groups is 1. The van der Waals surface area contributed by atoms with E-state index in [2.05, 4.69) is 36.0 Å². The zero-order valence-corrected chi connectivity index (χ0v) is 12.8. The molecule has 0 bridgehead atoms. The lowest BCUT2D eigenvalue weighted by molar-refractivity contribution is 0.0954. The van der Waals surface area contributed by atoms with Crippen molar-refractivity contribution in [2.24, 2.45) is 5.84 Å². The summed E-state index contributed by atoms with van der Waals surface area (Å²) in [5, 5.41) is 1.09. The molecule has 0 aliphatic rings. The average molecular weight is 293 g/mol. The Morgan fingerprint density at radius 1 is 1.14 bits per heavy atom. The number of amides is 1. The van der Waals surface area contributed by atoms with Crippen molar-refractivity contribution in [3.05, 3.63) is 70.9 Å². The van der Waals surface area contributed by atoms with Gasteiger partial charge in [-0.05, 0) is 43.2 Å². The van der Waals surface area contributed by atoms with Gasteiger partial charge in [0.1, 0.15) is 0 Å². The Morgan fingerprint density at radius 3 is 2.55 bits per heavy atom. The zero-order chi connectivity index (χ0) is 15.7. The molecule has 2 aromatic carbocycles. The van der Waals surface area contributed by atoms with Gasteiger partial charge in [-0.3, -0.25) is 10.2 Å². The van der Waals surface area contributed by atoms with Crippen molar-refractivity contribution in [2.45, 2.75) is 20.4 Å². The molecular weight excluding hydrogens is 274 g/mol. The van der Waals surface area contributed by atoms with Gasteiger partial charge in [0, 0.05) is 28.7 Å². The maximum absolute atomic E-state index is 11.7. The SMILES string of the molecule is Cc1c(C)n(Cc2ccccc2)c2ccc(C(=O)NN)cc12. The monoisotopic (exact) mass is 293 g/mol. The summed E-state index contributed by atoms with van der Waals surface area (Å²) in [4.78, 5) is 11.7. The highest BCUT2D eigenvalue weighted by atomic mass is 16.2. The summed E-state index contributed by atoms with van der Waals surface area (Å²) in [5.41, 5.74) is 7.55. The molecule has 3 rings (SSSR count). The summed E-state index contributed by atoms with van der Waals surface area (Å²) < 4.78 is 2.28. The molecule has 4 heteroatoms. The van der Waals surface area contributed by atoms with Gasteiger partial charge >= 0.3 is 0 Å². The number of fused-ring (bicyclic) bond motifs is 1. The second kappa shape index (κ2) is 5.66. The summed E-state index contributed by atoms with van der Waals surface area (Å²) in [5.74, 6) is 4.95. The van der Waals surface area contributed by atoms with Crippen molar-refractivity contribution in [1.82, 2.24) is 9.99 Å². The fraction of sp³-hybridized carbons (Fsp3) is 0.167. The number of aryl methyl sites for hydroxylation is 1. The largest absolute Gasteiger partial charge is 0.340 e. The molecule has 3 aromatic rings. The van der Waals surface area contributed by atoms with Gasteiger partial charge in [-0.1, -0.05) is 30.3 Å². The van der Waals surface area contributed by atoms with Gasteiger partial charge in [0.05, 0.1) is 0 Å². The van der Waals surface area contributed by atoms with E-state index in [4.69, 9.17) is 5.84 Å². The van der Waals surface area contributed by atoms with Gasteiger partial charge in [0.15, 0.2) is 0 Å². The van der Waals surface area contributed by atoms with Crippen molar-refractivity contribution >= 4 is 16.8 Å². The molecular formula is C18H19N3O. The molecule has 0 spiro atoms. The highest BCUT2D eigenvalue weighted by Gasteiger charge is 2.13. The highest BCUT2D eigenvalue weighted by Crippen LogP contribution is 2.27. The standard InChI is InChI=1S/C18H19N3O/c1-12-13(2)21(11-14-6-4-3-5-7-14)17-9-8-15(10-16(12)17)18(22)20-19/h3-10H,11,19H2,1-2H3,(H,20,22). The number of nitrogens with two attached hydrogens (primary N) is 1. The van der Waals surface area contributed by atoms with Crippen molar-refractivity contribution in [3.8, 4) is 0 Å². The number of aromatic nitrogens is 1. The van der Waals surface area contributed by atoms with E-state index in [1.165, 1.54) is 16.8 Å². The maximum atomic E-state index is 11.7. The predicted octanol–water partition coefficient (Wildman–Crippen LogP) is 2.91. The van der Waals surface area contributed by atoms with Crippen molar-refractivity contribution < 1.29 is 4.79 Å². The Kier molecular flexibility index (Phi) is 3.69. The fourth-order valence-electron chi connectivity index (χ4n) is 2.84. The van der Waals surface area contributed by atoms with Crippen molar-refractivity contribution in [2.75, 3.05) is 0 Å². The molecule has 0 saturated heterocycles. The van der Waals surface area contributed by atoms with Crippen molar-refractivity contribution in [1.29, 1.82) is 0 Å². The topological polar surface area (TPSA) is 60.0 Å². The van der Waals surface area contributed by atoms with Crippen LogP contribution in [0.1, 0.15) is 27.2 Å². The molecule has 22 heavy (non-hydrogen) atoms. The van der Waals surface area contributed by atoms with Crippen molar-refractivity contribution in [3.63, 3.8) is 0 Å². The Morgan fingerprint density at radius 2 is 1.86 bits per heavy atom. The first-order chi connectivity index (χ1) is 10.6. The van der Waals surface area contributed by atoms with E-state index in [1.54, 1.807) is 0 Å². The molecule has 1 heterocycles. The van der Waals surface area contributed by atoms with Crippen LogP contribution in [0.15, 0.2) is 48.5 Å². The summed E-state index contributed by atoms with van der Waals surface area (Å²) in [6.45, 7) is 5.02. The molecule has 1 amide bonds.